The van der Waals surface area contributed by atoms with Crippen molar-refractivity contribution in [3.05, 3.63) is 30.1 Å². The number of halogens is 1. The van der Waals surface area contributed by atoms with Crippen molar-refractivity contribution in [2.45, 2.75) is 33.3 Å². The zero-order valence-corrected chi connectivity index (χ0v) is 12.1. The Morgan fingerprint density at radius 2 is 1.95 bits per heavy atom. The summed E-state index contributed by atoms with van der Waals surface area (Å²) in [6, 6.07) is 5.47. The predicted molar refractivity (Wildman–Crippen MR) is 75.0 cm³/mol. The number of ether oxygens (including phenoxy) is 1. The summed E-state index contributed by atoms with van der Waals surface area (Å²) in [7, 11) is 0. The van der Waals surface area contributed by atoms with Crippen molar-refractivity contribution >= 4 is 5.91 Å². The van der Waals surface area contributed by atoms with Crippen molar-refractivity contribution in [2.24, 2.45) is 5.41 Å². The van der Waals surface area contributed by atoms with Crippen LogP contribution < -0.4 is 10.1 Å². The molecule has 0 bridgehead atoms. The molecule has 1 atom stereocenters. The van der Waals surface area contributed by atoms with E-state index in [0.29, 0.717) is 18.7 Å². The van der Waals surface area contributed by atoms with E-state index < -0.39 is 6.10 Å². The van der Waals surface area contributed by atoms with Crippen LogP contribution >= 0.6 is 0 Å². The average molecular weight is 283 g/mol. The minimum absolute atomic E-state index is 0.128. The van der Waals surface area contributed by atoms with Crippen molar-refractivity contribution in [2.75, 3.05) is 13.2 Å². The number of amides is 1. The Kier molecular flexibility index (Phi) is 5.95. The third-order valence-electron chi connectivity index (χ3n) is 2.92. The number of carbonyl (C=O) groups is 1. The summed E-state index contributed by atoms with van der Waals surface area (Å²) in [5.74, 6) is -0.176. The standard InChI is InChI=1S/C15H22FNO3/c1-15(2,3)13(18)8-9-17-14(19)10-20-12-6-4-11(16)5-7-12/h4-7,13,18H,8-10H2,1-3H3,(H,17,19)/t13-/m0/s1. The number of hydrogen-bond acceptors (Lipinski definition) is 3. The minimum atomic E-state index is -0.471. The van der Waals surface area contributed by atoms with Gasteiger partial charge < -0.3 is 15.2 Å². The predicted octanol–water partition coefficient (Wildman–Crippen LogP) is 2.12. The Morgan fingerprint density at radius 3 is 2.50 bits per heavy atom. The lowest BCUT2D eigenvalue weighted by atomic mass is 9.87. The highest BCUT2D eigenvalue weighted by Crippen LogP contribution is 2.20. The van der Waals surface area contributed by atoms with Crippen LogP contribution in [0.15, 0.2) is 24.3 Å². The number of nitrogens with one attached hydrogen (secondary N) is 1. The van der Waals surface area contributed by atoms with Gasteiger partial charge in [-0.3, -0.25) is 4.79 Å². The number of hydrogen-bond donors (Lipinski definition) is 2. The van der Waals surface area contributed by atoms with E-state index in [9.17, 15) is 14.3 Å². The molecule has 2 N–H and O–H groups in total. The maximum absolute atomic E-state index is 12.7. The van der Waals surface area contributed by atoms with E-state index in [-0.39, 0.29) is 23.7 Å². The third kappa shape index (κ3) is 6.02. The fourth-order valence-electron chi connectivity index (χ4n) is 1.51. The SMILES string of the molecule is CC(C)(C)[C@@H](O)CCNC(=O)COc1ccc(F)cc1. The molecular weight excluding hydrogens is 261 g/mol. The van der Waals surface area contributed by atoms with Crippen LogP contribution in [0.3, 0.4) is 0 Å². The molecule has 0 heterocycles. The molecule has 1 amide bonds. The molecule has 0 aliphatic heterocycles. The average Bonchev–Trinajstić information content (AvgIpc) is 2.37. The second-order valence-corrected chi connectivity index (χ2v) is 5.76. The maximum atomic E-state index is 12.7. The molecule has 1 aromatic carbocycles. The highest BCUT2D eigenvalue weighted by atomic mass is 19.1. The van der Waals surface area contributed by atoms with Crippen molar-refractivity contribution in [1.29, 1.82) is 0 Å². The largest absolute Gasteiger partial charge is 0.484 e. The first-order chi connectivity index (χ1) is 9.29. The Morgan fingerprint density at radius 1 is 1.35 bits per heavy atom. The molecule has 0 aliphatic rings. The van der Waals surface area contributed by atoms with E-state index in [1.54, 1.807) is 0 Å². The van der Waals surface area contributed by atoms with Gasteiger partial charge in [0.2, 0.25) is 0 Å². The lowest BCUT2D eigenvalue weighted by Gasteiger charge is -2.25. The van der Waals surface area contributed by atoms with E-state index in [1.807, 2.05) is 20.8 Å². The Hall–Kier alpha value is -1.62. The van der Waals surface area contributed by atoms with Gasteiger partial charge in [-0.25, -0.2) is 4.39 Å². The fourth-order valence-corrected chi connectivity index (χ4v) is 1.51. The summed E-state index contributed by atoms with van der Waals surface area (Å²) in [5, 5.41) is 12.5. The highest BCUT2D eigenvalue weighted by Gasteiger charge is 2.21. The molecule has 0 fully saturated rings. The maximum Gasteiger partial charge on any atom is 0.257 e. The summed E-state index contributed by atoms with van der Waals surface area (Å²) in [6.07, 6.45) is 0.0204. The molecule has 0 aromatic heterocycles. The molecule has 4 nitrogen and oxygen atoms in total. The van der Waals surface area contributed by atoms with Crippen LogP contribution in [0.25, 0.3) is 0 Å². The summed E-state index contributed by atoms with van der Waals surface area (Å²) >= 11 is 0. The number of aliphatic hydroxyl groups is 1. The van der Waals surface area contributed by atoms with Gasteiger partial charge >= 0.3 is 0 Å². The van der Waals surface area contributed by atoms with Crippen LogP contribution in [0.1, 0.15) is 27.2 Å². The van der Waals surface area contributed by atoms with Crippen LogP contribution in [0, 0.1) is 11.2 Å². The molecule has 0 saturated carbocycles. The highest BCUT2D eigenvalue weighted by molar-refractivity contribution is 5.77. The van der Waals surface area contributed by atoms with E-state index in [1.165, 1.54) is 24.3 Å². The lowest BCUT2D eigenvalue weighted by Crippen LogP contribution is -2.34. The van der Waals surface area contributed by atoms with Gasteiger partial charge in [0.05, 0.1) is 6.10 Å². The molecule has 0 aliphatic carbocycles. The normalized spacial score (nSPS) is 12.8. The van der Waals surface area contributed by atoms with E-state index in [2.05, 4.69) is 5.32 Å². The number of rotatable bonds is 6. The van der Waals surface area contributed by atoms with Crippen LogP contribution in [-0.4, -0.2) is 30.3 Å². The third-order valence-corrected chi connectivity index (χ3v) is 2.92. The Balaban J connectivity index is 2.22. The van der Waals surface area contributed by atoms with Crippen LogP contribution in [0.4, 0.5) is 4.39 Å². The van der Waals surface area contributed by atoms with Gasteiger partial charge in [0.15, 0.2) is 6.61 Å². The van der Waals surface area contributed by atoms with E-state index in [0.717, 1.165) is 0 Å². The molecule has 0 saturated heterocycles. The smallest absolute Gasteiger partial charge is 0.257 e. The quantitative estimate of drug-likeness (QED) is 0.840. The molecule has 5 heteroatoms. The number of aliphatic hydroxyl groups excluding tert-OH is 1. The first kappa shape index (κ1) is 16.4. The van der Waals surface area contributed by atoms with Gasteiger partial charge in [-0.05, 0) is 36.1 Å². The van der Waals surface area contributed by atoms with Crippen LogP contribution in [0.2, 0.25) is 0 Å². The topological polar surface area (TPSA) is 58.6 Å². The second-order valence-electron chi connectivity index (χ2n) is 5.76. The summed E-state index contributed by atoms with van der Waals surface area (Å²) in [4.78, 5) is 11.5. The van der Waals surface area contributed by atoms with E-state index >= 15 is 0 Å². The summed E-state index contributed by atoms with van der Waals surface area (Å²) < 4.78 is 17.9. The van der Waals surface area contributed by atoms with Crippen LogP contribution in [0.5, 0.6) is 5.75 Å². The van der Waals surface area contributed by atoms with Gasteiger partial charge in [0.1, 0.15) is 11.6 Å². The molecule has 0 spiro atoms. The van der Waals surface area contributed by atoms with Crippen molar-refractivity contribution in [3.8, 4) is 5.75 Å². The van der Waals surface area contributed by atoms with E-state index in [4.69, 9.17) is 4.74 Å². The molecule has 0 unspecified atom stereocenters. The fraction of sp³-hybridized carbons (Fsp3) is 0.533. The Labute approximate surface area is 119 Å². The Bertz CT molecular complexity index is 426. The lowest BCUT2D eigenvalue weighted by molar-refractivity contribution is -0.123. The monoisotopic (exact) mass is 283 g/mol. The molecule has 112 valence electrons. The number of benzene rings is 1. The minimum Gasteiger partial charge on any atom is -0.484 e. The molecule has 20 heavy (non-hydrogen) atoms. The first-order valence-electron chi connectivity index (χ1n) is 6.62. The zero-order valence-electron chi connectivity index (χ0n) is 12.1. The van der Waals surface area contributed by atoms with Gasteiger partial charge in [-0.15, -0.1) is 0 Å². The van der Waals surface area contributed by atoms with Gasteiger partial charge in [0.25, 0.3) is 5.91 Å². The second kappa shape index (κ2) is 7.24. The summed E-state index contributed by atoms with van der Waals surface area (Å²) in [5.41, 5.74) is -0.199. The molecule has 1 rings (SSSR count). The molecule has 1 aromatic rings. The van der Waals surface area contributed by atoms with Crippen molar-refractivity contribution in [3.63, 3.8) is 0 Å². The van der Waals surface area contributed by atoms with Crippen LogP contribution in [-0.2, 0) is 4.79 Å². The van der Waals surface area contributed by atoms with Gasteiger partial charge in [0, 0.05) is 6.54 Å². The number of carbonyl (C=O) groups excluding carboxylic acids is 1. The van der Waals surface area contributed by atoms with Gasteiger partial charge in [-0.1, -0.05) is 20.8 Å². The summed E-state index contributed by atoms with van der Waals surface area (Å²) in [6.45, 7) is 6.09. The zero-order chi connectivity index (χ0) is 15.2. The molecule has 0 radical (unpaired) electrons. The molecular formula is C15H22FNO3. The van der Waals surface area contributed by atoms with Gasteiger partial charge in [-0.2, -0.15) is 0 Å². The first-order valence-corrected chi connectivity index (χ1v) is 6.62. The van der Waals surface area contributed by atoms with Crippen molar-refractivity contribution in [1.82, 2.24) is 5.32 Å². The van der Waals surface area contributed by atoms with Crippen molar-refractivity contribution < 1.29 is 19.0 Å².